The lowest BCUT2D eigenvalue weighted by molar-refractivity contribution is -0.143. The minimum Gasteiger partial charge on any atom is -0.466 e. The van der Waals surface area contributed by atoms with Crippen LogP contribution < -0.4 is 5.32 Å². The van der Waals surface area contributed by atoms with E-state index in [0.29, 0.717) is 19.4 Å². The van der Waals surface area contributed by atoms with Gasteiger partial charge in [-0.3, -0.25) is 4.79 Å². The van der Waals surface area contributed by atoms with E-state index in [0.717, 1.165) is 11.3 Å². The van der Waals surface area contributed by atoms with Crippen molar-refractivity contribution in [3.05, 3.63) is 41.9 Å². The highest BCUT2D eigenvalue weighted by Crippen LogP contribution is 2.14. The highest BCUT2D eigenvalue weighted by atomic mass is 16.5. The number of aryl methyl sites for hydroxylation is 1. The molecule has 8 heteroatoms. The molecule has 0 bridgehead atoms. The van der Waals surface area contributed by atoms with Crippen molar-refractivity contribution in [3.8, 4) is 6.07 Å². The van der Waals surface area contributed by atoms with Crippen LogP contribution in [0, 0.1) is 11.3 Å². The predicted molar refractivity (Wildman–Crippen MR) is 82.8 cm³/mol. The maximum atomic E-state index is 11.4. The van der Waals surface area contributed by atoms with E-state index >= 15 is 0 Å². The lowest BCUT2D eigenvalue weighted by Gasteiger charge is -2.05. The summed E-state index contributed by atoms with van der Waals surface area (Å²) in [5.41, 5.74) is 2.05. The Kier molecular flexibility index (Phi) is 5.82. The number of nitrogens with one attached hydrogen (secondary N) is 2. The van der Waals surface area contributed by atoms with E-state index in [9.17, 15) is 4.79 Å². The molecule has 8 nitrogen and oxygen atoms in total. The molecule has 0 fully saturated rings. The highest BCUT2D eigenvalue weighted by molar-refractivity contribution is 5.74. The number of hydrogen-bond donors (Lipinski definition) is 2. The van der Waals surface area contributed by atoms with Gasteiger partial charge in [0.1, 0.15) is 11.6 Å². The van der Waals surface area contributed by atoms with Crippen LogP contribution in [0.4, 0.5) is 5.69 Å². The average molecular weight is 312 g/mol. The number of carbonyl (C=O) groups is 1. The molecule has 0 amide bonds. The summed E-state index contributed by atoms with van der Waals surface area (Å²) in [5, 5.41) is 25.3. The predicted octanol–water partition coefficient (Wildman–Crippen LogP) is 1.67. The van der Waals surface area contributed by atoms with E-state index in [1.807, 2.05) is 30.3 Å². The van der Waals surface area contributed by atoms with Gasteiger partial charge in [-0.25, -0.2) is 0 Å². The fraction of sp³-hybridized carbons (Fsp3) is 0.267. The summed E-state index contributed by atoms with van der Waals surface area (Å²) < 4.78 is 4.91. The second kappa shape index (κ2) is 8.29. The van der Waals surface area contributed by atoms with Crippen LogP contribution in [-0.2, 0) is 16.0 Å². The smallest absolute Gasteiger partial charge is 0.306 e. The molecule has 2 N–H and O–H groups in total. The van der Waals surface area contributed by atoms with Crippen LogP contribution in [0.5, 0.6) is 0 Å². The Morgan fingerprint density at radius 1 is 1.52 bits per heavy atom. The van der Waals surface area contributed by atoms with Crippen LogP contribution in [0.1, 0.15) is 24.7 Å². The maximum Gasteiger partial charge on any atom is 0.306 e. The number of nitriles is 1. The minimum atomic E-state index is -0.213. The number of nitrogens with zero attached hydrogens (tertiary/aromatic N) is 4. The molecule has 118 valence electrons. The number of hydrogen-bond acceptors (Lipinski definition) is 7. The largest absolute Gasteiger partial charge is 0.466 e. The topological polar surface area (TPSA) is 117 Å². The molecule has 0 aliphatic carbocycles. The molecular weight excluding hydrogens is 296 g/mol. The second-order valence-corrected chi connectivity index (χ2v) is 4.55. The Hall–Kier alpha value is -3.21. The molecular formula is C15H16N6O2. The first-order valence-electron chi connectivity index (χ1n) is 7.08. The van der Waals surface area contributed by atoms with Crippen molar-refractivity contribution in [1.29, 1.82) is 5.26 Å². The molecule has 1 heterocycles. The highest BCUT2D eigenvalue weighted by Gasteiger charge is 2.06. The number of rotatable bonds is 7. The first kappa shape index (κ1) is 16.2. The molecule has 23 heavy (non-hydrogen) atoms. The van der Waals surface area contributed by atoms with Gasteiger partial charge in [0.2, 0.25) is 5.82 Å². The van der Waals surface area contributed by atoms with Gasteiger partial charge in [-0.1, -0.05) is 12.1 Å². The van der Waals surface area contributed by atoms with Gasteiger partial charge >= 0.3 is 5.97 Å². The van der Waals surface area contributed by atoms with Crippen molar-refractivity contribution in [1.82, 2.24) is 20.6 Å². The maximum absolute atomic E-state index is 11.4. The van der Waals surface area contributed by atoms with Gasteiger partial charge in [0, 0.05) is 18.3 Å². The molecule has 0 atom stereocenters. The zero-order chi connectivity index (χ0) is 16.5. The summed E-state index contributed by atoms with van der Waals surface area (Å²) in [6.07, 6.45) is 2.43. The summed E-state index contributed by atoms with van der Waals surface area (Å²) in [5.74, 6) is 0.00750. The number of ether oxygens (including phenoxy) is 1. The third-order valence-corrected chi connectivity index (χ3v) is 2.94. The summed E-state index contributed by atoms with van der Waals surface area (Å²) in [7, 11) is 0. The van der Waals surface area contributed by atoms with E-state index in [1.54, 1.807) is 6.92 Å². The van der Waals surface area contributed by atoms with Crippen LogP contribution >= 0.6 is 0 Å². The van der Waals surface area contributed by atoms with Crippen molar-refractivity contribution in [2.75, 3.05) is 11.9 Å². The zero-order valence-corrected chi connectivity index (χ0v) is 12.6. The van der Waals surface area contributed by atoms with Crippen LogP contribution in [-0.4, -0.2) is 33.2 Å². The molecule has 0 aliphatic rings. The van der Waals surface area contributed by atoms with Crippen molar-refractivity contribution in [2.45, 2.75) is 19.8 Å². The van der Waals surface area contributed by atoms with E-state index in [-0.39, 0.29) is 17.4 Å². The lowest BCUT2D eigenvalue weighted by Crippen LogP contribution is -2.05. The number of allylic oxidation sites excluding steroid dienone is 1. The molecule has 0 saturated carbocycles. The molecule has 0 saturated heterocycles. The van der Waals surface area contributed by atoms with Gasteiger partial charge < -0.3 is 10.1 Å². The Morgan fingerprint density at radius 2 is 2.39 bits per heavy atom. The first-order valence-corrected chi connectivity index (χ1v) is 7.08. The quantitative estimate of drug-likeness (QED) is 0.590. The van der Waals surface area contributed by atoms with E-state index in [1.165, 1.54) is 6.20 Å². The number of carbonyl (C=O) groups excluding carboxylic acids is 1. The minimum absolute atomic E-state index is 0.213. The van der Waals surface area contributed by atoms with Crippen LogP contribution in [0.3, 0.4) is 0 Å². The van der Waals surface area contributed by atoms with Gasteiger partial charge in [-0.2, -0.15) is 10.5 Å². The molecule has 1 aromatic heterocycles. The Labute approximate surface area is 133 Å². The summed E-state index contributed by atoms with van der Waals surface area (Å²) in [4.78, 5) is 11.4. The number of aromatic amines is 1. The lowest BCUT2D eigenvalue weighted by atomic mass is 10.1. The number of benzene rings is 1. The molecule has 0 spiro atoms. The van der Waals surface area contributed by atoms with Gasteiger partial charge in [0.05, 0.1) is 6.61 Å². The van der Waals surface area contributed by atoms with Gasteiger partial charge in [-0.05, 0) is 36.3 Å². The summed E-state index contributed by atoms with van der Waals surface area (Å²) in [6, 6.07) is 9.56. The van der Waals surface area contributed by atoms with Crippen LogP contribution in [0.25, 0.3) is 5.57 Å². The second-order valence-electron chi connectivity index (χ2n) is 4.55. The number of H-pyrrole nitrogens is 1. The van der Waals surface area contributed by atoms with Gasteiger partial charge in [0.15, 0.2) is 0 Å². The van der Waals surface area contributed by atoms with Gasteiger partial charge in [-0.15, -0.1) is 10.2 Å². The number of esters is 1. The normalized spacial score (nSPS) is 10.9. The fourth-order valence-electron chi connectivity index (χ4n) is 1.87. The van der Waals surface area contributed by atoms with Crippen molar-refractivity contribution >= 4 is 17.2 Å². The Morgan fingerprint density at radius 3 is 3.09 bits per heavy atom. The van der Waals surface area contributed by atoms with E-state index in [2.05, 4.69) is 25.9 Å². The third kappa shape index (κ3) is 4.93. The zero-order valence-electron chi connectivity index (χ0n) is 12.6. The average Bonchev–Trinajstić information content (AvgIpc) is 3.09. The SMILES string of the molecule is CCOC(=O)CCc1cccc(NC=C(C#N)c2nn[nH]n2)c1. The third-order valence-electron chi connectivity index (χ3n) is 2.94. The summed E-state index contributed by atoms with van der Waals surface area (Å²) >= 11 is 0. The van der Waals surface area contributed by atoms with Crippen molar-refractivity contribution in [2.24, 2.45) is 0 Å². The number of anilines is 1. The summed E-state index contributed by atoms with van der Waals surface area (Å²) in [6.45, 7) is 2.17. The molecule has 2 rings (SSSR count). The molecule has 2 aromatic rings. The van der Waals surface area contributed by atoms with Crippen molar-refractivity contribution < 1.29 is 9.53 Å². The van der Waals surface area contributed by atoms with Crippen LogP contribution in [0.15, 0.2) is 30.5 Å². The Bertz CT molecular complexity index is 718. The Balaban J connectivity index is 2.00. The molecule has 1 aromatic carbocycles. The van der Waals surface area contributed by atoms with Gasteiger partial charge in [0.25, 0.3) is 0 Å². The molecule has 0 aliphatic heterocycles. The van der Waals surface area contributed by atoms with E-state index in [4.69, 9.17) is 10.00 Å². The standard InChI is InChI=1S/C15H16N6O2/c1-2-23-14(22)7-6-11-4-3-5-13(8-11)17-10-12(9-16)15-18-20-21-19-15/h3-5,8,10,17H,2,6-7H2,1H3,(H,18,19,20,21). The molecule has 0 unspecified atom stereocenters. The molecule has 0 radical (unpaired) electrons. The fourth-order valence-corrected chi connectivity index (χ4v) is 1.87. The monoisotopic (exact) mass is 312 g/mol. The number of tetrazole rings is 1. The van der Waals surface area contributed by atoms with E-state index < -0.39 is 0 Å². The van der Waals surface area contributed by atoms with Crippen molar-refractivity contribution in [3.63, 3.8) is 0 Å². The van der Waals surface area contributed by atoms with Crippen LogP contribution in [0.2, 0.25) is 0 Å². The number of aromatic nitrogens is 4. The first-order chi connectivity index (χ1) is 11.2.